The fourth-order valence-electron chi connectivity index (χ4n) is 1.57. The van der Waals surface area contributed by atoms with Gasteiger partial charge in [-0.2, -0.15) is 4.39 Å². The molecule has 1 fully saturated rings. The lowest BCUT2D eigenvalue weighted by molar-refractivity contribution is 0.00578. The summed E-state index contributed by atoms with van der Waals surface area (Å²) in [6.07, 6.45) is 0.823. The molecule has 0 aromatic carbocycles. The fraction of sp³-hybridized carbons (Fsp3) is 0.545. The lowest BCUT2D eigenvalue weighted by atomic mass is 9.80. The molecule has 0 aliphatic carbocycles. The average Bonchev–Trinajstić information content (AvgIpc) is 2.40. The van der Waals surface area contributed by atoms with Crippen LogP contribution in [0.5, 0.6) is 0 Å². The van der Waals surface area contributed by atoms with Gasteiger partial charge < -0.3 is 9.31 Å². The van der Waals surface area contributed by atoms with Crippen LogP contribution in [0.1, 0.15) is 27.7 Å². The Morgan fingerprint density at radius 3 is 2.18 bits per heavy atom. The van der Waals surface area contributed by atoms with Crippen LogP contribution in [0, 0.1) is 11.8 Å². The Labute approximate surface area is 99.3 Å². The second-order valence-corrected chi connectivity index (χ2v) is 5.12. The normalized spacial score (nSPS) is 21.9. The first-order valence-electron chi connectivity index (χ1n) is 5.39. The van der Waals surface area contributed by atoms with E-state index in [2.05, 4.69) is 4.98 Å². The molecule has 1 aromatic heterocycles. The van der Waals surface area contributed by atoms with E-state index in [1.165, 1.54) is 0 Å². The van der Waals surface area contributed by atoms with Crippen molar-refractivity contribution < 1.29 is 18.1 Å². The second kappa shape index (κ2) is 3.75. The Balaban J connectivity index is 2.35. The first-order valence-corrected chi connectivity index (χ1v) is 5.39. The van der Waals surface area contributed by atoms with E-state index in [1.807, 2.05) is 27.7 Å². The quantitative estimate of drug-likeness (QED) is 0.553. The molecule has 17 heavy (non-hydrogen) atoms. The zero-order valence-electron chi connectivity index (χ0n) is 10.3. The molecule has 6 heteroatoms. The van der Waals surface area contributed by atoms with E-state index in [1.54, 1.807) is 0 Å². The molecule has 0 N–H and O–H groups in total. The van der Waals surface area contributed by atoms with E-state index in [0.29, 0.717) is 0 Å². The van der Waals surface area contributed by atoms with Crippen molar-refractivity contribution in [2.75, 3.05) is 0 Å². The van der Waals surface area contributed by atoms with Crippen LogP contribution < -0.4 is 5.46 Å². The molecule has 0 spiro atoms. The number of hydrogen-bond acceptors (Lipinski definition) is 3. The van der Waals surface area contributed by atoms with Gasteiger partial charge in [-0.3, -0.25) is 0 Å². The molecule has 1 aliphatic heterocycles. The van der Waals surface area contributed by atoms with Gasteiger partial charge in [0.25, 0.3) is 0 Å². The molecular formula is C11H14BF2NO2. The molecule has 2 rings (SSSR count). The summed E-state index contributed by atoms with van der Waals surface area (Å²) >= 11 is 0. The summed E-state index contributed by atoms with van der Waals surface area (Å²) in [6, 6.07) is 1.05. The summed E-state index contributed by atoms with van der Waals surface area (Å²) in [6.45, 7) is 7.38. The van der Waals surface area contributed by atoms with Crippen molar-refractivity contribution >= 4 is 12.6 Å². The van der Waals surface area contributed by atoms with Crippen LogP contribution in [0.15, 0.2) is 12.3 Å². The summed E-state index contributed by atoms with van der Waals surface area (Å²) in [4.78, 5) is 3.32. The van der Waals surface area contributed by atoms with Gasteiger partial charge in [0.2, 0.25) is 5.95 Å². The van der Waals surface area contributed by atoms with Crippen LogP contribution in [0.4, 0.5) is 8.78 Å². The van der Waals surface area contributed by atoms with Crippen LogP contribution in [-0.2, 0) is 9.31 Å². The van der Waals surface area contributed by atoms with Gasteiger partial charge in [0.15, 0.2) is 0 Å². The molecule has 92 valence electrons. The number of aromatic nitrogens is 1. The summed E-state index contributed by atoms with van der Waals surface area (Å²) in [5, 5.41) is 0. The van der Waals surface area contributed by atoms with Crippen LogP contribution in [0.2, 0.25) is 0 Å². The van der Waals surface area contributed by atoms with Gasteiger partial charge in [-0.25, -0.2) is 9.37 Å². The van der Waals surface area contributed by atoms with Crippen LogP contribution in [-0.4, -0.2) is 23.3 Å². The Morgan fingerprint density at radius 2 is 1.65 bits per heavy atom. The van der Waals surface area contributed by atoms with E-state index in [-0.39, 0.29) is 5.46 Å². The second-order valence-electron chi connectivity index (χ2n) is 5.12. The zero-order valence-corrected chi connectivity index (χ0v) is 10.3. The third-order valence-electron chi connectivity index (χ3n) is 3.34. The maximum Gasteiger partial charge on any atom is 0.499 e. The Kier molecular flexibility index (Phi) is 2.74. The first kappa shape index (κ1) is 12.5. The first-order chi connectivity index (χ1) is 7.73. The summed E-state index contributed by atoms with van der Waals surface area (Å²) in [7, 11) is -0.928. The van der Waals surface area contributed by atoms with Crippen molar-refractivity contribution in [3.8, 4) is 0 Å². The zero-order chi connectivity index (χ0) is 12.8. The van der Waals surface area contributed by atoms with Gasteiger partial charge in [0, 0.05) is 5.46 Å². The van der Waals surface area contributed by atoms with E-state index in [9.17, 15) is 8.78 Å². The highest BCUT2D eigenvalue weighted by atomic mass is 19.1. The van der Waals surface area contributed by atoms with Crippen LogP contribution in [0.25, 0.3) is 0 Å². The number of pyridine rings is 1. The Morgan fingerprint density at radius 1 is 1.12 bits per heavy atom. The third-order valence-corrected chi connectivity index (χ3v) is 3.34. The topological polar surface area (TPSA) is 31.4 Å². The van der Waals surface area contributed by atoms with Gasteiger partial charge in [0.05, 0.1) is 17.4 Å². The van der Waals surface area contributed by atoms with Crippen LogP contribution >= 0.6 is 0 Å². The van der Waals surface area contributed by atoms with E-state index in [0.717, 1.165) is 12.3 Å². The maximum absolute atomic E-state index is 13.5. The standard InChI is InChI=1S/C11H14BF2NO2/c1-10(2)11(3,4)17-12(16-10)8-5-7(13)6-15-9(8)14/h5-6H,1-4H3. The average molecular weight is 241 g/mol. The van der Waals surface area contributed by atoms with Gasteiger partial charge >= 0.3 is 7.12 Å². The molecule has 0 saturated carbocycles. The third kappa shape index (κ3) is 2.07. The number of nitrogens with zero attached hydrogens (tertiary/aromatic N) is 1. The van der Waals surface area contributed by atoms with Crippen molar-refractivity contribution in [3.63, 3.8) is 0 Å². The minimum absolute atomic E-state index is 0.0105. The predicted molar refractivity (Wildman–Crippen MR) is 59.9 cm³/mol. The fourth-order valence-corrected chi connectivity index (χ4v) is 1.57. The summed E-state index contributed by atoms with van der Waals surface area (Å²) < 4.78 is 37.8. The summed E-state index contributed by atoms with van der Waals surface area (Å²) in [5.74, 6) is -1.39. The lowest BCUT2D eigenvalue weighted by Crippen LogP contribution is -2.41. The highest BCUT2D eigenvalue weighted by molar-refractivity contribution is 6.62. The molecule has 0 amide bonds. The van der Waals surface area contributed by atoms with Crippen molar-refractivity contribution in [2.45, 2.75) is 38.9 Å². The number of rotatable bonds is 1. The number of hydrogen-bond donors (Lipinski definition) is 0. The van der Waals surface area contributed by atoms with Gasteiger partial charge in [-0.1, -0.05) is 0 Å². The highest BCUT2D eigenvalue weighted by Crippen LogP contribution is 2.36. The van der Waals surface area contributed by atoms with Crippen molar-refractivity contribution in [3.05, 3.63) is 24.0 Å². The SMILES string of the molecule is CC1(C)OB(c2cc(F)cnc2F)OC1(C)C. The number of halogens is 2. The molecule has 1 saturated heterocycles. The Bertz CT molecular complexity index is 435. The molecule has 1 aromatic rings. The predicted octanol–water partition coefficient (Wildman–Crippen LogP) is 1.66. The largest absolute Gasteiger partial charge is 0.499 e. The monoisotopic (exact) mass is 241 g/mol. The smallest absolute Gasteiger partial charge is 0.399 e. The summed E-state index contributed by atoms with van der Waals surface area (Å²) in [5.41, 5.74) is -1.18. The molecule has 0 unspecified atom stereocenters. The van der Waals surface area contributed by atoms with E-state index >= 15 is 0 Å². The van der Waals surface area contributed by atoms with E-state index in [4.69, 9.17) is 9.31 Å². The molecule has 0 bridgehead atoms. The van der Waals surface area contributed by atoms with Gasteiger partial charge in [-0.15, -0.1) is 0 Å². The molecule has 2 heterocycles. The molecular weight excluding hydrogens is 227 g/mol. The minimum atomic E-state index is -0.928. The Hall–Kier alpha value is -1.01. The molecule has 3 nitrogen and oxygen atoms in total. The maximum atomic E-state index is 13.5. The van der Waals surface area contributed by atoms with Crippen molar-refractivity contribution in [2.24, 2.45) is 0 Å². The molecule has 0 atom stereocenters. The molecule has 1 aliphatic rings. The molecule has 0 radical (unpaired) electrons. The highest BCUT2D eigenvalue weighted by Gasteiger charge is 2.52. The lowest BCUT2D eigenvalue weighted by Gasteiger charge is -2.32. The van der Waals surface area contributed by atoms with E-state index < -0.39 is 30.1 Å². The van der Waals surface area contributed by atoms with Gasteiger partial charge in [-0.05, 0) is 33.8 Å². The van der Waals surface area contributed by atoms with Crippen molar-refractivity contribution in [1.82, 2.24) is 4.98 Å². The van der Waals surface area contributed by atoms with Crippen molar-refractivity contribution in [1.29, 1.82) is 0 Å². The van der Waals surface area contributed by atoms with Crippen LogP contribution in [0.3, 0.4) is 0 Å². The van der Waals surface area contributed by atoms with Gasteiger partial charge in [0.1, 0.15) is 5.82 Å². The minimum Gasteiger partial charge on any atom is -0.399 e.